The highest BCUT2D eigenvalue weighted by Crippen LogP contribution is 2.34. The number of carbonyl (C=O) groups excluding carboxylic acids is 2. The largest absolute Gasteiger partial charge is 0.496 e. The monoisotopic (exact) mass is 505 g/mol. The number of carbonyl (C=O) groups is 2. The molecule has 0 bridgehead atoms. The molecule has 3 aromatic rings. The number of para-hydroxylation sites is 1. The van der Waals surface area contributed by atoms with Crippen LogP contribution in [0.4, 0.5) is 5.69 Å². The van der Waals surface area contributed by atoms with E-state index in [1.807, 2.05) is 42.2 Å². The summed E-state index contributed by atoms with van der Waals surface area (Å²) in [6, 6.07) is 11.2. The highest BCUT2D eigenvalue weighted by atomic mass is 16.5. The first kappa shape index (κ1) is 25.1. The molecule has 0 atom stereocenters. The van der Waals surface area contributed by atoms with Crippen molar-refractivity contribution in [2.45, 2.75) is 38.6 Å². The zero-order chi connectivity index (χ0) is 26.1. The Labute approximate surface area is 216 Å². The second-order valence-corrected chi connectivity index (χ2v) is 10.3. The van der Waals surface area contributed by atoms with Gasteiger partial charge in [0, 0.05) is 49.9 Å². The van der Waals surface area contributed by atoms with Gasteiger partial charge in [0.2, 0.25) is 5.91 Å². The van der Waals surface area contributed by atoms with Crippen molar-refractivity contribution < 1.29 is 14.3 Å². The lowest BCUT2D eigenvalue weighted by Crippen LogP contribution is -2.47. The third-order valence-corrected chi connectivity index (χ3v) is 7.88. The number of nitrogens with zero attached hydrogens (tertiary/aromatic N) is 3. The van der Waals surface area contributed by atoms with Crippen LogP contribution in [0, 0.1) is 12.8 Å². The molecule has 1 aliphatic carbocycles. The number of likely N-dealkylation sites (N-methyl/N-ethyl adjacent to an activating group) is 1. The van der Waals surface area contributed by atoms with Gasteiger partial charge < -0.3 is 24.8 Å². The SMILES string of the molecule is COc1cc(NC(=O)C2CCC(n3c(=O)[nH]c4c(C(=O)N5CCN(C)CC5)cccc43)CC2)ccc1C. The molecule has 0 unspecified atom stereocenters. The standard InChI is InChI=1S/C28H35N5O4/c1-18-7-10-20(17-24(18)37-3)29-26(34)19-8-11-21(12-9-19)33-23-6-4-5-22(25(23)30-28(33)36)27(35)32-15-13-31(2)14-16-32/h4-7,10,17,19,21H,8-9,11-16H2,1-3H3,(H,29,34)(H,30,36). The predicted octanol–water partition coefficient (Wildman–Crippen LogP) is 3.40. The van der Waals surface area contributed by atoms with Crippen molar-refractivity contribution in [2.75, 3.05) is 45.7 Å². The molecule has 5 rings (SSSR count). The molecule has 2 amide bonds. The van der Waals surface area contributed by atoms with Crippen molar-refractivity contribution in [1.29, 1.82) is 0 Å². The zero-order valence-corrected chi connectivity index (χ0v) is 21.8. The number of fused-ring (bicyclic) bond motifs is 1. The topological polar surface area (TPSA) is 99.7 Å². The van der Waals surface area contributed by atoms with Crippen molar-refractivity contribution in [1.82, 2.24) is 19.4 Å². The number of benzene rings is 2. The first-order chi connectivity index (χ1) is 17.9. The molecule has 2 fully saturated rings. The van der Waals surface area contributed by atoms with Crippen molar-refractivity contribution in [3.63, 3.8) is 0 Å². The third-order valence-electron chi connectivity index (χ3n) is 7.88. The van der Waals surface area contributed by atoms with Gasteiger partial charge in [0.1, 0.15) is 5.75 Å². The van der Waals surface area contributed by atoms with Gasteiger partial charge in [-0.1, -0.05) is 12.1 Å². The van der Waals surface area contributed by atoms with E-state index in [0.717, 1.165) is 48.4 Å². The molecule has 1 saturated heterocycles. The quantitative estimate of drug-likeness (QED) is 0.554. The third kappa shape index (κ3) is 5.00. The van der Waals surface area contributed by atoms with Gasteiger partial charge in [0.15, 0.2) is 0 Å². The van der Waals surface area contributed by atoms with Gasteiger partial charge in [0.25, 0.3) is 5.91 Å². The summed E-state index contributed by atoms with van der Waals surface area (Å²) in [5, 5.41) is 3.02. The molecular weight excluding hydrogens is 470 g/mol. The van der Waals surface area contributed by atoms with E-state index in [9.17, 15) is 14.4 Å². The summed E-state index contributed by atoms with van der Waals surface area (Å²) in [6.07, 6.45) is 2.83. The number of rotatable bonds is 5. The lowest BCUT2D eigenvalue weighted by molar-refractivity contribution is -0.121. The first-order valence-electron chi connectivity index (χ1n) is 13.0. The fraction of sp³-hybridized carbons (Fsp3) is 0.464. The molecule has 1 saturated carbocycles. The smallest absolute Gasteiger partial charge is 0.326 e. The van der Waals surface area contributed by atoms with E-state index in [-0.39, 0.29) is 29.5 Å². The maximum absolute atomic E-state index is 13.3. The molecule has 2 N–H and O–H groups in total. The molecule has 196 valence electrons. The Morgan fingerprint density at radius 3 is 2.46 bits per heavy atom. The van der Waals surface area contributed by atoms with Crippen LogP contribution in [-0.4, -0.2) is 71.5 Å². The molecule has 9 heteroatoms. The van der Waals surface area contributed by atoms with E-state index in [1.54, 1.807) is 17.7 Å². The van der Waals surface area contributed by atoms with E-state index in [1.165, 1.54) is 0 Å². The number of amides is 2. The number of ether oxygens (including phenoxy) is 1. The molecule has 1 aromatic heterocycles. The lowest BCUT2D eigenvalue weighted by Gasteiger charge is -2.32. The Morgan fingerprint density at radius 2 is 1.76 bits per heavy atom. The number of hydrogen-bond donors (Lipinski definition) is 2. The van der Waals surface area contributed by atoms with Gasteiger partial charge in [-0.25, -0.2) is 4.79 Å². The Balaban J connectivity index is 1.29. The summed E-state index contributed by atoms with van der Waals surface area (Å²) in [5.41, 5.74) is 3.43. The van der Waals surface area contributed by atoms with E-state index in [2.05, 4.69) is 22.2 Å². The predicted molar refractivity (Wildman–Crippen MR) is 143 cm³/mol. The lowest BCUT2D eigenvalue weighted by atomic mass is 9.85. The number of H-pyrrole nitrogens is 1. The molecule has 37 heavy (non-hydrogen) atoms. The van der Waals surface area contributed by atoms with Gasteiger partial charge in [0.05, 0.1) is 23.7 Å². The molecule has 0 radical (unpaired) electrons. The Morgan fingerprint density at radius 1 is 1.03 bits per heavy atom. The maximum Gasteiger partial charge on any atom is 0.326 e. The highest BCUT2D eigenvalue weighted by molar-refractivity contribution is 6.05. The second-order valence-electron chi connectivity index (χ2n) is 10.3. The number of aromatic amines is 1. The molecule has 0 spiro atoms. The van der Waals surface area contributed by atoms with Crippen LogP contribution in [0.1, 0.15) is 47.6 Å². The molecule has 2 aliphatic rings. The number of aromatic nitrogens is 2. The fourth-order valence-electron chi connectivity index (χ4n) is 5.61. The molecule has 2 heterocycles. The summed E-state index contributed by atoms with van der Waals surface area (Å²) in [6.45, 7) is 5.00. The van der Waals surface area contributed by atoms with Crippen molar-refractivity contribution in [3.05, 3.63) is 58.0 Å². The number of aryl methyl sites for hydroxylation is 1. The van der Waals surface area contributed by atoms with E-state index >= 15 is 0 Å². The Bertz CT molecular complexity index is 1360. The van der Waals surface area contributed by atoms with Crippen LogP contribution in [0.25, 0.3) is 11.0 Å². The van der Waals surface area contributed by atoms with Crippen LogP contribution in [0.2, 0.25) is 0 Å². The second kappa shape index (κ2) is 10.4. The number of imidazole rings is 1. The fourth-order valence-corrected chi connectivity index (χ4v) is 5.61. The first-order valence-corrected chi connectivity index (χ1v) is 13.0. The minimum Gasteiger partial charge on any atom is -0.496 e. The molecule has 2 aromatic carbocycles. The maximum atomic E-state index is 13.3. The average Bonchev–Trinajstić information content (AvgIpc) is 3.25. The summed E-state index contributed by atoms with van der Waals surface area (Å²) in [5.74, 6) is 0.584. The summed E-state index contributed by atoms with van der Waals surface area (Å²) < 4.78 is 7.15. The van der Waals surface area contributed by atoms with E-state index < -0.39 is 0 Å². The van der Waals surface area contributed by atoms with Crippen molar-refractivity contribution >= 4 is 28.5 Å². The van der Waals surface area contributed by atoms with Crippen LogP contribution < -0.4 is 15.7 Å². The van der Waals surface area contributed by atoms with Crippen LogP contribution in [-0.2, 0) is 4.79 Å². The van der Waals surface area contributed by atoms with Crippen LogP contribution in [0.5, 0.6) is 5.75 Å². The molecular formula is C28H35N5O4. The van der Waals surface area contributed by atoms with Gasteiger partial charge in [-0.2, -0.15) is 0 Å². The molecule has 1 aliphatic heterocycles. The van der Waals surface area contributed by atoms with Gasteiger partial charge in [-0.15, -0.1) is 0 Å². The Hall–Kier alpha value is -3.59. The minimum absolute atomic E-state index is 0.00399. The number of anilines is 1. The minimum atomic E-state index is -0.201. The van der Waals surface area contributed by atoms with Crippen LogP contribution in [0.15, 0.2) is 41.2 Å². The van der Waals surface area contributed by atoms with Crippen molar-refractivity contribution in [2.24, 2.45) is 5.92 Å². The van der Waals surface area contributed by atoms with E-state index in [4.69, 9.17) is 4.74 Å². The summed E-state index contributed by atoms with van der Waals surface area (Å²) in [7, 11) is 3.67. The normalized spacial score (nSPS) is 20.7. The zero-order valence-electron chi connectivity index (χ0n) is 21.8. The average molecular weight is 506 g/mol. The van der Waals surface area contributed by atoms with Gasteiger partial charge in [-0.05, 0) is 63.4 Å². The van der Waals surface area contributed by atoms with E-state index in [0.29, 0.717) is 37.0 Å². The van der Waals surface area contributed by atoms with Crippen LogP contribution in [0.3, 0.4) is 0 Å². The number of nitrogens with one attached hydrogen (secondary N) is 2. The number of methoxy groups -OCH3 is 1. The number of piperazine rings is 1. The van der Waals surface area contributed by atoms with Crippen LogP contribution >= 0.6 is 0 Å². The van der Waals surface area contributed by atoms with Crippen molar-refractivity contribution in [3.8, 4) is 5.75 Å². The number of hydrogen-bond acceptors (Lipinski definition) is 5. The van der Waals surface area contributed by atoms with Gasteiger partial charge in [-0.3, -0.25) is 14.2 Å². The summed E-state index contributed by atoms with van der Waals surface area (Å²) in [4.78, 5) is 46.3. The Kier molecular flexibility index (Phi) is 7.06. The van der Waals surface area contributed by atoms with Gasteiger partial charge >= 0.3 is 5.69 Å². The molecule has 9 nitrogen and oxygen atoms in total. The summed E-state index contributed by atoms with van der Waals surface area (Å²) >= 11 is 0. The highest BCUT2D eigenvalue weighted by Gasteiger charge is 2.30.